The summed E-state index contributed by atoms with van der Waals surface area (Å²) in [4.78, 5) is 24.8. The summed E-state index contributed by atoms with van der Waals surface area (Å²) < 4.78 is 21.5. The van der Waals surface area contributed by atoms with Crippen molar-refractivity contribution in [1.29, 1.82) is 0 Å². The van der Waals surface area contributed by atoms with Crippen LogP contribution in [0.4, 0.5) is 0 Å². The van der Waals surface area contributed by atoms with Crippen LogP contribution in [0.5, 0.6) is 11.5 Å². The molecule has 0 N–H and O–H groups in total. The van der Waals surface area contributed by atoms with Gasteiger partial charge in [0.1, 0.15) is 18.1 Å². The molecule has 0 unspecified atom stereocenters. The molecular weight excluding hydrogens is 408 g/mol. The predicted molar refractivity (Wildman–Crippen MR) is 120 cm³/mol. The highest BCUT2D eigenvalue weighted by Crippen LogP contribution is 2.18. The molecule has 6 nitrogen and oxygen atoms in total. The summed E-state index contributed by atoms with van der Waals surface area (Å²) >= 11 is 0. The lowest BCUT2D eigenvalue weighted by Crippen LogP contribution is -2.11. The van der Waals surface area contributed by atoms with Crippen molar-refractivity contribution >= 4 is 11.9 Å². The van der Waals surface area contributed by atoms with Gasteiger partial charge in [-0.25, -0.2) is 9.59 Å². The average molecular weight is 434 g/mol. The Hall–Kier alpha value is -3.64. The SMILES string of the molecule is CCOCCOc1ccc(C(=O)Oc2cccc(C(=O)OCCc3ccccc3)c2)cc1. The molecule has 0 fully saturated rings. The van der Waals surface area contributed by atoms with Gasteiger partial charge >= 0.3 is 11.9 Å². The summed E-state index contributed by atoms with van der Waals surface area (Å²) in [6.07, 6.45) is 0.632. The van der Waals surface area contributed by atoms with E-state index in [4.69, 9.17) is 18.9 Å². The monoisotopic (exact) mass is 434 g/mol. The smallest absolute Gasteiger partial charge is 0.343 e. The molecular formula is C26H26O6. The Morgan fingerprint density at radius 2 is 1.50 bits per heavy atom. The second-order valence-corrected chi connectivity index (χ2v) is 6.86. The second-order valence-electron chi connectivity index (χ2n) is 6.86. The first kappa shape index (κ1) is 23.0. The van der Waals surface area contributed by atoms with Crippen molar-refractivity contribution in [2.45, 2.75) is 13.3 Å². The molecule has 3 aromatic carbocycles. The molecule has 3 aromatic rings. The fourth-order valence-corrected chi connectivity index (χ4v) is 2.89. The summed E-state index contributed by atoms with van der Waals surface area (Å²) in [6, 6.07) is 22.8. The lowest BCUT2D eigenvalue weighted by Gasteiger charge is -2.09. The van der Waals surface area contributed by atoms with Gasteiger partial charge in [0, 0.05) is 13.0 Å². The molecule has 0 saturated heterocycles. The fraction of sp³-hybridized carbons (Fsp3) is 0.231. The Morgan fingerprint density at radius 3 is 2.25 bits per heavy atom. The van der Waals surface area contributed by atoms with E-state index in [1.165, 1.54) is 6.07 Å². The van der Waals surface area contributed by atoms with Crippen LogP contribution >= 0.6 is 0 Å². The van der Waals surface area contributed by atoms with Crippen molar-refractivity contribution in [2.24, 2.45) is 0 Å². The van der Waals surface area contributed by atoms with Crippen molar-refractivity contribution in [1.82, 2.24) is 0 Å². The molecule has 0 heterocycles. The third kappa shape index (κ3) is 7.25. The number of esters is 2. The predicted octanol–water partition coefficient (Wildman–Crippen LogP) is 4.72. The molecule has 32 heavy (non-hydrogen) atoms. The number of benzene rings is 3. The topological polar surface area (TPSA) is 71.1 Å². The maximum atomic E-state index is 12.4. The van der Waals surface area contributed by atoms with Gasteiger partial charge in [-0.3, -0.25) is 0 Å². The summed E-state index contributed by atoms with van der Waals surface area (Å²) in [5.74, 6) is -0.0844. The van der Waals surface area contributed by atoms with Crippen molar-refractivity contribution < 1.29 is 28.5 Å². The van der Waals surface area contributed by atoms with Crippen LogP contribution in [0.3, 0.4) is 0 Å². The zero-order chi connectivity index (χ0) is 22.6. The van der Waals surface area contributed by atoms with E-state index in [0.29, 0.717) is 43.1 Å². The Bertz CT molecular complexity index is 998. The Balaban J connectivity index is 1.51. The van der Waals surface area contributed by atoms with Crippen molar-refractivity contribution in [2.75, 3.05) is 26.4 Å². The first-order chi connectivity index (χ1) is 15.7. The van der Waals surface area contributed by atoms with Crippen LogP contribution in [0.1, 0.15) is 33.2 Å². The first-order valence-electron chi connectivity index (χ1n) is 10.5. The van der Waals surface area contributed by atoms with Crippen LogP contribution in [0.2, 0.25) is 0 Å². The Labute approximate surface area is 187 Å². The Kier molecular flexibility index (Phi) is 8.83. The van der Waals surface area contributed by atoms with Crippen LogP contribution in [0, 0.1) is 0 Å². The Morgan fingerprint density at radius 1 is 0.719 bits per heavy atom. The molecule has 0 aromatic heterocycles. The third-order valence-corrected chi connectivity index (χ3v) is 4.54. The molecule has 6 heteroatoms. The number of rotatable bonds is 11. The second kappa shape index (κ2) is 12.3. The van der Waals surface area contributed by atoms with Gasteiger partial charge in [0.05, 0.1) is 24.3 Å². The highest BCUT2D eigenvalue weighted by Gasteiger charge is 2.12. The molecule has 166 valence electrons. The van der Waals surface area contributed by atoms with Gasteiger partial charge in [-0.15, -0.1) is 0 Å². The molecule has 0 aliphatic carbocycles. The van der Waals surface area contributed by atoms with Gasteiger partial charge in [-0.1, -0.05) is 36.4 Å². The van der Waals surface area contributed by atoms with Crippen LogP contribution < -0.4 is 9.47 Å². The van der Waals surface area contributed by atoms with Gasteiger partial charge < -0.3 is 18.9 Å². The number of carbonyl (C=O) groups excluding carboxylic acids is 2. The lowest BCUT2D eigenvalue weighted by atomic mass is 10.2. The van der Waals surface area contributed by atoms with Crippen molar-refractivity contribution in [3.8, 4) is 11.5 Å². The quantitative estimate of drug-likeness (QED) is 0.247. The van der Waals surface area contributed by atoms with Crippen molar-refractivity contribution in [3.63, 3.8) is 0 Å². The van der Waals surface area contributed by atoms with Crippen LogP contribution in [0.15, 0.2) is 78.9 Å². The zero-order valence-electron chi connectivity index (χ0n) is 18.0. The molecule has 0 bridgehead atoms. The summed E-state index contributed by atoms with van der Waals surface area (Å²) in [7, 11) is 0. The number of carbonyl (C=O) groups is 2. The largest absolute Gasteiger partial charge is 0.491 e. The molecule has 0 spiro atoms. The van der Waals surface area contributed by atoms with Crippen LogP contribution in [0.25, 0.3) is 0 Å². The molecule has 0 atom stereocenters. The van der Waals surface area contributed by atoms with E-state index >= 15 is 0 Å². The molecule has 0 radical (unpaired) electrons. The average Bonchev–Trinajstić information content (AvgIpc) is 2.83. The van der Waals surface area contributed by atoms with E-state index < -0.39 is 11.9 Å². The van der Waals surface area contributed by atoms with E-state index in [9.17, 15) is 9.59 Å². The van der Waals surface area contributed by atoms with E-state index in [1.807, 2.05) is 37.3 Å². The molecule has 0 aliphatic rings. The molecule has 0 amide bonds. The first-order valence-corrected chi connectivity index (χ1v) is 10.5. The van der Waals surface area contributed by atoms with Gasteiger partial charge in [0.25, 0.3) is 0 Å². The molecule has 0 aliphatic heterocycles. The minimum Gasteiger partial charge on any atom is -0.491 e. The number of hydrogen-bond donors (Lipinski definition) is 0. The third-order valence-electron chi connectivity index (χ3n) is 4.54. The molecule has 3 rings (SSSR count). The highest BCUT2D eigenvalue weighted by molar-refractivity contribution is 5.92. The summed E-state index contributed by atoms with van der Waals surface area (Å²) in [5.41, 5.74) is 1.79. The van der Waals surface area contributed by atoms with E-state index in [1.54, 1.807) is 42.5 Å². The van der Waals surface area contributed by atoms with Crippen LogP contribution in [-0.4, -0.2) is 38.4 Å². The van der Waals surface area contributed by atoms with Crippen molar-refractivity contribution in [3.05, 3.63) is 95.6 Å². The van der Waals surface area contributed by atoms with Crippen LogP contribution in [-0.2, 0) is 15.9 Å². The van der Waals surface area contributed by atoms with Gasteiger partial charge in [-0.05, 0) is 55.0 Å². The maximum absolute atomic E-state index is 12.4. The molecule has 0 saturated carbocycles. The fourth-order valence-electron chi connectivity index (χ4n) is 2.89. The lowest BCUT2D eigenvalue weighted by molar-refractivity contribution is 0.0507. The number of ether oxygens (including phenoxy) is 4. The minimum absolute atomic E-state index is 0.268. The highest BCUT2D eigenvalue weighted by atomic mass is 16.5. The summed E-state index contributed by atoms with van der Waals surface area (Å²) in [6.45, 7) is 3.77. The summed E-state index contributed by atoms with van der Waals surface area (Å²) in [5, 5.41) is 0. The minimum atomic E-state index is -0.527. The van der Waals surface area contributed by atoms with E-state index in [2.05, 4.69) is 0 Å². The zero-order valence-corrected chi connectivity index (χ0v) is 18.0. The number of hydrogen-bond acceptors (Lipinski definition) is 6. The maximum Gasteiger partial charge on any atom is 0.343 e. The van der Waals surface area contributed by atoms with Gasteiger partial charge in [0.2, 0.25) is 0 Å². The van der Waals surface area contributed by atoms with Gasteiger partial charge in [0.15, 0.2) is 0 Å². The van der Waals surface area contributed by atoms with E-state index in [-0.39, 0.29) is 12.4 Å². The normalized spacial score (nSPS) is 10.4. The standard InChI is InChI=1S/C26H26O6/c1-2-29-17-18-30-23-13-11-21(12-14-23)26(28)32-24-10-6-9-22(19-24)25(27)31-16-15-20-7-4-3-5-8-20/h3-14,19H,2,15-18H2,1H3. The van der Waals surface area contributed by atoms with Gasteiger partial charge in [-0.2, -0.15) is 0 Å². The van der Waals surface area contributed by atoms with E-state index in [0.717, 1.165) is 5.56 Å².